The zero-order chi connectivity index (χ0) is 15.9. The minimum absolute atomic E-state index is 0.283. The molecule has 0 aliphatic rings. The molecule has 2 rings (SSSR count). The second kappa shape index (κ2) is 7.16. The van der Waals surface area contributed by atoms with Crippen LogP contribution in [-0.4, -0.2) is 16.4 Å². The highest BCUT2D eigenvalue weighted by atomic mass is 16.6. The number of aryl methyl sites for hydroxylation is 1. The van der Waals surface area contributed by atoms with E-state index in [1.165, 1.54) is 17.7 Å². The van der Waals surface area contributed by atoms with E-state index in [4.69, 9.17) is 0 Å². The lowest BCUT2D eigenvalue weighted by Crippen LogP contribution is -2.06. The molecule has 0 saturated carbocycles. The molecule has 0 aliphatic carbocycles. The van der Waals surface area contributed by atoms with Gasteiger partial charge in [0, 0.05) is 12.6 Å². The largest absolute Gasteiger partial charge is 0.379 e. The van der Waals surface area contributed by atoms with Crippen LogP contribution in [0.25, 0.3) is 0 Å². The molecule has 0 saturated heterocycles. The fourth-order valence-corrected chi connectivity index (χ4v) is 2.09. The molecule has 0 fully saturated rings. The summed E-state index contributed by atoms with van der Waals surface area (Å²) in [4.78, 5) is 20.4. The van der Waals surface area contributed by atoms with Crippen molar-refractivity contribution in [2.75, 3.05) is 11.9 Å². The first-order valence-electron chi connectivity index (χ1n) is 6.78. The van der Waals surface area contributed by atoms with Crippen molar-refractivity contribution in [2.45, 2.75) is 12.8 Å². The Balaban J connectivity index is 1.97. The summed E-state index contributed by atoms with van der Waals surface area (Å²) in [7, 11) is 0. The lowest BCUT2D eigenvalue weighted by molar-refractivity contribution is -0.393. The molecule has 2 aromatic carbocycles. The monoisotopic (exact) mass is 301 g/mol. The number of hydrogen-bond acceptors (Lipinski definition) is 5. The molecule has 0 atom stereocenters. The van der Waals surface area contributed by atoms with E-state index in [1.54, 1.807) is 0 Å². The van der Waals surface area contributed by atoms with Gasteiger partial charge in [0.15, 0.2) is 0 Å². The van der Waals surface area contributed by atoms with Gasteiger partial charge >= 0.3 is 0 Å². The smallest absolute Gasteiger partial charge is 0.299 e. The fraction of sp³-hybridized carbons (Fsp3) is 0.200. The lowest BCUT2D eigenvalue weighted by Gasteiger charge is -2.07. The van der Waals surface area contributed by atoms with Gasteiger partial charge < -0.3 is 5.32 Å². The van der Waals surface area contributed by atoms with Crippen LogP contribution < -0.4 is 5.32 Å². The topological polar surface area (TPSA) is 98.3 Å². The summed E-state index contributed by atoms with van der Waals surface area (Å²) in [6.07, 6.45) is 1.66. The molecule has 0 radical (unpaired) electrons. The van der Waals surface area contributed by atoms with E-state index in [1.807, 2.05) is 30.3 Å². The number of anilines is 1. The van der Waals surface area contributed by atoms with Crippen molar-refractivity contribution in [1.29, 1.82) is 0 Å². The standard InChI is InChI=1S/C15H15N3O4/c19-17(20)13-8-9-14(15(11-13)18(21)22)16-10-4-7-12-5-2-1-3-6-12/h1-3,5-6,8-9,11,16H,4,7,10H2. The maximum atomic E-state index is 11.0. The molecule has 0 bridgehead atoms. The first-order chi connectivity index (χ1) is 10.6. The number of nitrogens with one attached hydrogen (secondary N) is 1. The van der Waals surface area contributed by atoms with Crippen LogP contribution in [0.2, 0.25) is 0 Å². The minimum Gasteiger partial charge on any atom is -0.379 e. The van der Waals surface area contributed by atoms with Gasteiger partial charge in [0.1, 0.15) is 5.69 Å². The highest BCUT2D eigenvalue weighted by molar-refractivity contribution is 5.65. The van der Waals surface area contributed by atoms with Crippen LogP contribution in [0.1, 0.15) is 12.0 Å². The fourth-order valence-electron chi connectivity index (χ4n) is 2.09. The number of hydrogen-bond donors (Lipinski definition) is 1. The Bertz CT molecular complexity index is 674. The highest BCUT2D eigenvalue weighted by Gasteiger charge is 2.18. The van der Waals surface area contributed by atoms with Crippen LogP contribution >= 0.6 is 0 Å². The molecule has 0 heterocycles. The van der Waals surface area contributed by atoms with Crippen LogP contribution in [0.15, 0.2) is 48.5 Å². The van der Waals surface area contributed by atoms with Gasteiger partial charge in [-0.05, 0) is 24.5 Å². The van der Waals surface area contributed by atoms with Crippen molar-refractivity contribution in [3.05, 3.63) is 74.3 Å². The van der Waals surface area contributed by atoms with Crippen molar-refractivity contribution in [2.24, 2.45) is 0 Å². The molecule has 0 aliphatic heterocycles. The number of nitro benzene ring substituents is 2. The molecular weight excluding hydrogens is 286 g/mol. The number of benzene rings is 2. The summed E-state index contributed by atoms with van der Waals surface area (Å²) < 4.78 is 0. The zero-order valence-electron chi connectivity index (χ0n) is 11.8. The van der Waals surface area contributed by atoms with Gasteiger partial charge in [0.05, 0.1) is 15.9 Å². The predicted molar refractivity (Wildman–Crippen MR) is 83.0 cm³/mol. The van der Waals surface area contributed by atoms with E-state index in [2.05, 4.69) is 5.32 Å². The molecule has 0 amide bonds. The summed E-state index contributed by atoms with van der Waals surface area (Å²) in [5.41, 5.74) is 0.918. The third kappa shape index (κ3) is 4.02. The second-order valence-corrected chi connectivity index (χ2v) is 4.73. The average Bonchev–Trinajstić information content (AvgIpc) is 2.52. The molecule has 1 N–H and O–H groups in total. The van der Waals surface area contributed by atoms with Crippen LogP contribution in [0.3, 0.4) is 0 Å². The van der Waals surface area contributed by atoms with E-state index in [0.29, 0.717) is 12.2 Å². The molecule has 114 valence electrons. The van der Waals surface area contributed by atoms with E-state index >= 15 is 0 Å². The molecule has 22 heavy (non-hydrogen) atoms. The average molecular weight is 301 g/mol. The Morgan fingerprint density at radius 2 is 1.68 bits per heavy atom. The van der Waals surface area contributed by atoms with Gasteiger partial charge in [-0.25, -0.2) is 0 Å². The summed E-state index contributed by atoms with van der Waals surface area (Å²) in [5.74, 6) is 0. The van der Waals surface area contributed by atoms with Crippen LogP contribution in [0.4, 0.5) is 17.1 Å². The van der Waals surface area contributed by atoms with Crippen LogP contribution in [0.5, 0.6) is 0 Å². The minimum atomic E-state index is -0.647. The van der Waals surface area contributed by atoms with Gasteiger partial charge in [-0.3, -0.25) is 20.2 Å². The van der Waals surface area contributed by atoms with Crippen molar-refractivity contribution in [1.82, 2.24) is 0 Å². The van der Waals surface area contributed by atoms with Crippen molar-refractivity contribution in [3.63, 3.8) is 0 Å². The molecule has 2 aromatic rings. The summed E-state index contributed by atoms with van der Waals surface area (Å²) in [5, 5.41) is 24.6. The third-order valence-corrected chi connectivity index (χ3v) is 3.19. The van der Waals surface area contributed by atoms with E-state index in [-0.39, 0.29) is 11.4 Å². The summed E-state index contributed by atoms with van der Waals surface area (Å²) in [6.45, 7) is 0.549. The Morgan fingerprint density at radius 1 is 0.955 bits per heavy atom. The second-order valence-electron chi connectivity index (χ2n) is 4.73. The number of nitro groups is 2. The molecule has 0 aromatic heterocycles. The predicted octanol–water partition coefficient (Wildman–Crippen LogP) is 3.55. The lowest BCUT2D eigenvalue weighted by atomic mass is 10.1. The molecule has 0 unspecified atom stereocenters. The molecule has 0 spiro atoms. The van der Waals surface area contributed by atoms with E-state index in [0.717, 1.165) is 18.9 Å². The van der Waals surface area contributed by atoms with Gasteiger partial charge in [-0.15, -0.1) is 0 Å². The Labute approximate surface area is 126 Å². The molecule has 7 heteroatoms. The normalized spacial score (nSPS) is 10.2. The highest BCUT2D eigenvalue weighted by Crippen LogP contribution is 2.28. The van der Waals surface area contributed by atoms with Crippen molar-refractivity contribution >= 4 is 17.1 Å². The first kappa shape index (κ1) is 15.4. The number of rotatable bonds is 7. The van der Waals surface area contributed by atoms with Gasteiger partial charge in [0.2, 0.25) is 0 Å². The summed E-state index contributed by atoms with van der Waals surface area (Å²) in [6, 6.07) is 13.5. The maximum Gasteiger partial charge on any atom is 0.299 e. The Morgan fingerprint density at radius 3 is 2.32 bits per heavy atom. The molecular formula is C15H15N3O4. The number of nitrogens with zero attached hydrogens (tertiary/aromatic N) is 2. The van der Waals surface area contributed by atoms with Crippen LogP contribution in [0, 0.1) is 20.2 Å². The molecule has 7 nitrogen and oxygen atoms in total. The van der Waals surface area contributed by atoms with Crippen LogP contribution in [-0.2, 0) is 6.42 Å². The first-order valence-corrected chi connectivity index (χ1v) is 6.78. The van der Waals surface area contributed by atoms with Crippen molar-refractivity contribution in [3.8, 4) is 0 Å². The zero-order valence-corrected chi connectivity index (χ0v) is 11.8. The third-order valence-electron chi connectivity index (χ3n) is 3.19. The van der Waals surface area contributed by atoms with Crippen molar-refractivity contribution < 1.29 is 9.85 Å². The SMILES string of the molecule is O=[N+]([O-])c1ccc(NCCCc2ccccc2)c([N+](=O)[O-])c1. The Hall–Kier alpha value is -2.96. The Kier molecular flexibility index (Phi) is 5.02. The van der Waals surface area contributed by atoms with Gasteiger partial charge in [-0.1, -0.05) is 30.3 Å². The number of non-ortho nitro benzene ring substituents is 1. The van der Waals surface area contributed by atoms with E-state index < -0.39 is 9.85 Å². The maximum absolute atomic E-state index is 11.0. The van der Waals surface area contributed by atoms with E-state index in [9.17, 15) is 20.2 Å². The summed E-state index contributed by atoms with van der Waals surface area (Å²) >= 11 is 0. The van der Waals surface area contributed by atoms with Gasteiger partial charge in [-0.2, -0.15) is 0 Å². The van der Waals surface area contributed by atoms with Gasteiger partial charge in [0.25, 0.3) is 11.4 Å². The quantitative estimate of drug-likeness (QED) is 0.479.